The maximum atomic E-state index is 10.6. The maximum absolute atomic E-state index is 10.6. The van der Waals surface area contributed by atoms with Crippen LogP contribution in [-0.4, -0.2) is 32.9 Å². The fraction of sp³-hybridized carbons (Fsp3) is 0.333. The van der Waals surface area contributed by atoms with Gasteiger partial charge in [0.1, 0.15) is 0 Å². The molecule has 1 N–H and O–H groups in total. The fourth-order valence-corrected chi connectivity index (χ4v) is 3.11. The van der Waals surface area contributed by atoms with E-state index in [2.05, 4.69) is 0 Å². The third-order valence-corrected chi connectivity index (χ3v) is 4.30. The van der Waals surface area contributed by atoms with Crippen LogP contribution in [0.15, 0.2) is 6.07 Å². The number of phenolic OH excluding ortho intramolecular Hbond substituents is 1. The van der Waals surface area contributed by atoms with E-state index in [0.717, 1.165) is 5.56 Å². The average molecular weight is 362 g/mol. The summed E-state index contributed by atoms with van der Waals surface area (Å²) in [6.45, 7) is 3.72. The number of aryl methyl sites for hydroxylation is 1. The minimum atomic E-state index is -0.185. The first-order valence-electron chi connectivity index (χ1n) is 7.91. The molecule has 2 aliphatic heterocycles. The van der Waals surface area contributed by atoms with Crippen LogP contribution in [0.25, 0.3) is 0 Å². The lowest BCUT2D eigenvalue weighted by atomic mass is 10.1. The van der Waals surface area contributed by atoms with Gasteiger partial charge in [-0.1, -0.05) is 0 Å². The molecule has 8 heteroatoms. The number of phenols is 1. The van der Waals surface area contributed by atoms with Crippen LogP contribution in [0.5, 0.6) is 51.7 Å². The number of rotatable bonds is 4. The predicted octanol–water partition coefficient (Wildman–Crippen LogP) is 3.28. The zero-order valence-corrected chi connectivity index (χ0v) is 14.8. The van der Waals surface area contributed by atoms with E-state index in [1.165, 1.54) is 7.11 Å². The first-order valence-corrected chi connectivity index (χ1v) is 7.91. The summed E-state index contributed by atoms with van der Waals surface area (Å²) in [7, 11) is 2.99. The standard InChI is InChI=1S/C18H18O8/c1-8-5-10(15-17(12(8)20-3)24-7-23-15)26-13-9(2)14-18(25-6-22-14)16(21-4)11(13)19/h5,19H,6-7H2,1-4H3. The van der Waals surface area contributed by atoms with Crippen LogP contribution in [0.4, 0.5) is 0 Å². The molecule has 0 saturated carbocycles. The lowest BCUT2D eigenvalue weighted by Gasteiger charge is -2.17. The molecule has 0 radical (unpaired) electrons. The number of ether oxygens (including phenoxy) is 7. The Morgan fingerprint density at radius 3 is 2.04 bits per heavy atom. The largest absolute Gasteiger partial charge is 0.502 e. The van der Waals surface area contributed by atoms with Crippen molar-refractivity contribution in [1.29, 1.82) is 0 Å². The van der Waals surface area contributed by atoms with E-state index in [1.807, 2.05) is 6.92 Å². The molecule has 4 rings (SSSR count). The summed E-state index contributed by atoms with van der Waals surface area (Å²) in [5.41, 5.74) is 1.38. The van der Waals surface area contributed by atoms with Gasteiger partial charge in [-0.05, 0) is 25.5 Å². The van der Waals surface area contributed by atoms with Crippen LogP contribution in [-0.2, 0) is 0 Å². The third kappa shape index (κ3) is 2.22. The van der Waals surface area contributed by atoms with Crippen molar-refractivity contribution in [2.45, 2.75) is 13.8 Å². The molecule has 0 saturated heterocycles. The van der Waals surface area contributed by atoms with Crippen LogP contribution < -0.4 is 33.2 Å². The zero-order chi connectivity index (χ0) is 18.4. The molecule has 26 heavy (non-hydrogen) atoms. The molecule has 0 spiro atoms. The highest BCUT2D eigenvalue weighted by atomic mass is 16.7. The first-order chi connectivity index (χ1) is 12.6. The molecule has 0 fully saturated rings. The monoisotopic (exact) mass is 362 g/mol. The molecule has 2 heterocycles. The second kappa shape index (κ2) is 5.98. The number of benzene rings is 2. The molecule has 2 aromatic rings. The van der Waals surface area contributed by atoms with Gasteiger partial charge < -0.3 is 38.3 Å². The number of aromatic hydroxyl groups is 1. The van der Waals surface area contributed by atoms with Gasteiger partial charge in [0.05, 0.1) is 14.2 Å². The molecule has 0 bridgehead atoms. The number of methoxy groups -OCH3 is 2. The van der Waals surface area contributed by atoms with Gasteiger partial charge in [0, 0.05) is 5.56 Å². The van der Waals surface area contributed by atoms with Crippen molar-refractivity contribution in [2.75, 3.05) is 27.8 Å². The zero-order valence-electron chi connectivity index (χ0n) is 14.8. The summed E-state index contributed by atoms with van der Waals surface area (Å²) in [6.07, 6.45) is 0. The molecule has 138 valence electrons. The number of hydrogen-bond donors (Lipinski definition) is 1. The van der Waals surface area contributed by atoms with E-state index in [0.29, 0.717) is 40.1 Å². The van der Waals surface area contributed by atoms with E-state index < -0.39 is 0 Å². The van der Waals surface area contributed by atoms with Crippen molar-refractivity contribution < 1.29 is 38.3 Å². The number of fused-ring (bicyclic) bond motifs is 2. The van der Waals surface area contributed by atoms with E-state index >= 15 is 0 Å². The Balaban J connectivity index is 1.85. The molecule has 0 amide bonds. The lowest BCUT2D eigenvalue weighted by molar-refractivity contribution is 0.169. The second-order valence-corrected chi connectivity index (χ2v) is 5.79. The summed E-state index contributed by atoms with van der Waals surface area (Å²) in [6, 6.07) is 1.75. The van der Waals surface area contributed by atoms with Crippen molar-refractivity contribution in [1.82, 2.24) is 0 Å². The topological polar surface area (TPSA) is 84.8 Å². The quantitative estimate of drug-likeness (QED) is 0.887. The maximum Gasteiger partial charge on any atom is 0.231 e. The predicted molar refractivity (Wildman–Crippen MR) is 89.4 cm³/mol. The Morgan fingerprint density at radius 2 is 1.38 bits per heavy atom. The second-order valence-electron chi connectivity index (χ2n) is 5.79. The van der Waals surface area contributed by atoms with E-state index in [-0.39, 0.29) is 30.8 Å². The van der Waals surface area contributed by atoms with Crippen LogP contribution in [0, 0.1) is 13.8 Å². The molecule has 0 atom stereocenters. The lowest BCUT2D eigenvalue weighted by Crippen LogP contribution is -1.96. The van der Waals surface area contributed by atoms with Gasteiger partial charge in [0.2, 0.25) is 42.3 Å². The van der Waals surface area contributed by atoms with E-state index in [1.54, 1.807) is 20.1 Å². The Bertz CT molecular complexity index is 890. The summed E-state index contributed by atoms with van der Waals surface area (Å²) in [5.74, 6) is 2.81. The minimum Gasteiger partial charge on any atom is -0.502 e. The summed E-state index contributed by atoms with van der Waals surface area (Å²) in [4.78, 5) is 0. The van der Waals surface area contributed by atoms with E-state index in [9.17, 15) is 5.11 Å². The Hall–Kier alpha value is -3.16. The average Bonchev–Trinajstić information content (AvgIpc) is 3.28. The van der Waals surface area contributed by atoms with Gasteiger partial charge >= 0.3 is 0 Å². The van der Waals surface area contributed by atoms with Crippen molar-refractivity contribution >= 4 is 0 Å². The highest BCUT2D eigenvalue weighted by molar-refractivity contribution is 5.72. The van der Waals surface area contributed by atoms with Crippen molar-refractivity contribution in [3.05, 3.63) is 17.2 Å². The van der Waals surface area contributed by atoms with Gasteiger partial charge in [-0.15, -0.1) is 0 Å². The summed E-state index contributed by atoms with van der Waals surface area (Å²) in [5, 5.41) is 10.6. The Morgan fingerprint density at radius 1 is 0.808 bits per heavy atom. The van der Waals surface area contributed by atoms with Gasteiger partial charge in [-0.2, -0.15) is 0 Å². The summed E-state index contributed by atoms with van der Waals surface area (Å²) < 4.78 is 38.5. The van der Waals surface area contributed by atoms with Gasteiger partial charge in [0.15, 0.2) is 23.0 Å². The molecule has 0 unspecified atom stereocenters. The summed E-state index contributed by atoms with van der Waals surface area (Å²) >= 11 is 0. The minimum absolute atomic E-state index is 0.0451. The van der Waals surface area contributed by atoms with Crippen molar-refractivity contribution in [2.24, 2.45) is 0 Å². The number of hydrogen-bond acceptors (Lipinski definition) is 8. The molecule has 8 nitrogen and oxygen atoms in total. The van der Waals surface area contributed by atoms with Crippen LogP contribution in [0.3, 0.4) is 0 Å². The Labute approximate surface area is 149 Å². The Kier molecular flexibility index (Phi) is 3.75. The highest BCUT2D eigenvalue weighted by Gasteiger charge is 2.32. The first kappa shape index (κ1) is 16.3. The smallest absolute Gasteiger partial charge is 0.231 e. The van der Waals surface area contributed by atoms with Crippen LogP contribution in [0.2, 0.25) is 0 Å². The van der Waals surface area contributed by atoms with Crippen LogP contribution in [0.1, 0.15) is 11.1 Å². The van der Waals surface area contributed by atoms with Crippen molar-refractivity contribution in [3.63, 3.8) is 0 Å². The fourth-order valence-electron chi connectivity index (χ4n) is 3.11. The molecule has 0 aromatic heterocycles. The highest BCUT2D eigenvalue weighted by Crippen LogP contribution is 2.57. The molecule has 2 aromatic carbocycles. The van der Waals surface area contributed by atoms with E-state index in [4.69, 9.17) is 33.2 Å². The van der Waals surface area contributed by atoms with Gasteiger partial charge in [-0.3, -0.25) is 0 Å². The molecular weight excluding hydrogens is 344 g/mol. The molecule has 0 aliphatic carbocycles. The molecule has 2 aliphatic rings. The molecular formula is C18H18O8. The van der Waals surface area contributed by atoms with Gasteiger partial charge in [-0.25, -0.2) is 0 Å². The SMILES string of the molecule is COc1c(C)cc(Oc2c(C)c3c(c(OC)c2O)OCO3)c2c1OCO2. The van der Waals surface area contributed by atoms with Crippen LogP contribution >= 0.6 is 0 Å². The van der Waals surface area contributed by atoms with Crippen molar-refractivity contribution in [3.8, 4) is 51.7 Å². The van der Waals surface area contributed by atoms with Gasteiger partial charge in [0.25, 0.3) is 0 Å². The third-order valence-electron chi connectivity index (χ3n) is 4.30. The normalized spacial score (nSPS) is 13.7.